The minimum atomic E-state index is -0.800. The van der Waals surface area contributed by atoms with Gasteiger partial charge in [0.1, 0.15) is 5.54 Å². The van der Waals surface area contributed by atoms with E-state index >= 15 is 0 Å². The van der Waals surface area contributed by atoms with Crippen LogP contribution in [-0.2, 0) is 15.0 Å². The Balaban J connectivity index is 1.62. The Kier molecular flexibility index (Phi) is 6.24. The first-order valence-electron chi connectivity index (χ1n) is 13.7. The number of nitrogens with one attached hydrogen (secondary N) is 1. The highest BCUT2D eigenvalue weighted by molar-refractivity contribution is 6.01. The number of hydrogen-bond donors (Lipinski definition) is 1. The van der Waals surface area contributed by atoms with Crippen LogP contribution in [0.4, 0.5) is 5.82 Å². The Hall–Kier alpha value is -4.95. The number of methoxy groups -OCH3 is 1. The summed E-state index contributed by atoms with van der Waals surface area (Å²) in [6, 6.07) is 35.5. The number of esters is 1. The molecule has 0 aliphatic carbocycles. The number of imidazole rings is 1. The van der Waals surface area contributed by atoms with Gasteiger partial charge in [0.25, 0.3) is 0 Å². The number of fused-ring (bicyclic) bond motifs is 2. The molecule has 1 N–H and O–H groups in total. The number of benzene rings is 4. The largest absolute Gasteiger partial charge is 0.463 e. The number of morpholine rings is 1. The zero-order valence-electron chi connectivity index (χ0n) is 22.7. The Bertz CT molecular complexity index is 1730. The lowest BCUT2D eigenvalue weighted by Crippen LogP contribution is -2.40. The van der Waals surface area contributed by atoms with Crippen LogP contribution in [0.5, 0.6) is 0 Å². The lowest BCUT2D eigenvalue weighted by Gasteiger charge is -2.37. The van der Waals surface area contributed by atoms with Crippen molar-refractivity contribution >= 4 is 33.7 Å². The summed E-state index contributed by atoms with van der Waals surface area (Å²) in [6.45, 7) is 2.72. The van der Waals surface area contributed by atoms with Crippen LogP contribution < -0.4 is 4.90 Å². The number of aromatic nitrogens is 4. The van der Waals surface area contributed by atoms with E-state index in [4.69, 9.17) is 14.6 Å². The minimum Gasteiger partial charge on any atom is -0.463 e. The van der Waals surface area contributed by atoms with Gasteiger partial charge in [-0.2, -0.15) is 5.10 Å². The van der Waals surface area contributed by atoms with Crippen molar-refractivity contribution in [3.63, 3.8) is 0 Å². The summed E-state index contributed by atoms with van der Waals surface area (Å²) in [5.74, 6) is 0.524. The second-order valence-electron chi connectivity index (χ2n) is 10.1. The second-order valence-corrected chi connectivity index (χ2v) is 10.1. The number of rotatable bonds is 6. The fourth-order valence-corrected chi connectivity index (χ4v) is 5.96. The Morgan fingerprint density at radius 1 is 0.854 bits per heavy atom. The predicted octanol–water partition coefficient (Wildman–Crippen LogP) is 5.38. The normalized spacial score (nSPS) is 14.0. The summed E-state index contributed by atoms with van der Waals surface area (Å²) in [5, 5.41) is 6.40. The summed E-state index contributed by atoms with van der Waals surface area (Å²) < 4.78 is 12.8. The number of anilines is 1. The Morgan fingerprint density at radius 2 is 1.41 bits per heavy atom. The van der Waals surface area contributed by atoms with E-state index in [2.05, 4.69) is 92.3 Å². The first-order chi connectivity index (χ1) is 20.2. The number of aromatic amines is 1. The van der Waals surface area contributed by atoms with E-state index in [-0.39, 0.29) is 5.82 Å². The highest BCUT2D eigenvalue weighted by Gasteiger charge is 2.41. The minimum absolute atomic E-state index is 0.169. The van der Waals surface area contributed by atoms with Gasteiger partial charge in [0.15, 0.2) is 5.82 Å². The van der Waals surface area contributed by atoms with Gasteiger partial charge >= 0.3 is 5.97 Å². The van der Waals surface area contributed by atoms with Crippen LogP contribution in [0.3, 0.4) is 0 Å². The molecule has 0 amide bonds. The first-order valence-corrected chi connectivity index (χ1v) is 13.7. The predicted molar refractivity (Wildman–Crippen MR) is 158 cm³/mol. The second kappa shape index (κ2) is 10.2. The molecule has 4 aromatic carbocycles. The van der Waals surface area contributed by atoms with E-state index in [0.717, 1.165) is 52.0 Å². The molecule has 41 heavy (non-hydrogen) atoms. The molecule has 0 spiro atoms. The topological polar surface area (TPSA) is 85.3 Å². The van der Waals surface area contributed by atoms with E-state index in [9.17, 15) is 4.79 Å². The zero-order chi connectivity index (χ0) is 27.8. The van der Waals surface area contributed by atoms with E-state index in [1.807, 2.05) is 30.3 Å². The molecular weight excluding hydrogens is 514 g/mol. The molecule has 1 fully saturated rings. The van der Waals surface area contributed by atoms with Gasteiger partial charge in [-0.25, -0.2) is 14.5 Å². The van der Waals surface area contributed by atoms with Gasteiger partial charge < -0.3 is 19.4 Å². The van der Waals surface area contributed by atoms with Gasteiger partial charge in [0.05, 0.1) is 36.9 Å². The molecule has 2 aromatic heterocycles. The number of hydrogen-bond acceptors (Lipinski definition) is 6. The molecule has 8 heteroatoms. The van der Waals surface area contributed by atoms with Crippen molar-refractivity contribution in [2.45, 2.75) is 5.54 Å². The van der Waals surface area contributed by atoms with E-state index in [0.29, 0.717) is 18.7 Å². The molecule has 0 radical (unpaired) electrons. The maximum absolute atomic E-state index is 12.4. The first kappa shape index (κ1) is 25.0. The maximum atomic E-state index is 12.4. The van der Waals surface area contributed by atoms with Crippen molar-refractivity contribution in [3.05, 3.63) is 126 Å². The van der Waals surface area contributed by atoms with Crippen LogP contribution in [0.1, 0.15) is 27.3 Å². The smallest absolute Gasteiger partial charge is 0.374 e. The Morgan fingerprint density at radius 3 is 1.95 bits per heavy atom. The van der Waals surface area contributed by atoms with Gasteiger partial charge in [-0.3, -0.25) is 0 Å². The van der Waals surface area contributed by atoms with Gasteiger partial charge in [0, 0.05) is 18.5 Å². The van der Waals surface area contributed by atoms with Crippen molar-refractivity contribution < 1.29 is 14.3 Å². The molecule has 6 aromatic rings. The molecule has 1 saturated heterocycles. The molecule has 3 heterocycles. The zero-order valence-corrected chi connectivity index (χ0v) is 22.7. The van der Waals surface area contributed by atoms with E-state index < -0.39 is 11.5 Å². The molecule has 8 nitrogen and oxygen atoms in total. The SMILES string of the molecule is COC(=O)c1nc2cc3c(N4CCOCC4)nn(C(c4ccccc4)(c4ccccc4)c4ccccc4)c3cc2[nH]1. The summed E-state index contributed by atoms with van der Waals surface area (Å²) in [7, 11) is 1.36. The summed E-state index contributed by atoms with van der Waals surface area (Å²) in [4.78, 5) is 22.3. The molecular formula is C33H29N5O3. The highest BCUT2D eigenvalue weighted by Crippen LogP contribution is 2.44. The maximum Gasteiger partial charge on any atom is 0.374 e. The Labute approximate surface area is 237 Å². The van der Waals surface area contributed by atoms with Crippen LogP contribution >= 0.6 is 0 Å². The van der Waals surface area contributed by atoms with E-state index in [1.165, 1.54) is 7.11 Å². The van der Waals surface area contributed by atoms with E-state index in [1.54, 1.807) is 0 Å². The molecule has 7 rings (SSSR count). The highest BCUT2D eigenvalue weighted by atomic mass is 16.5. The number of H-pyrrole nitrogens is 1. The lowest BCUT2D eigenvalue weighted by molar-refractivity contribution is 0.0588. The molecule has 0 saturated carbocycles. The third-order valence-corrected chi connectivity index (χ3v) is 7.84. The van der Waals surface area contributed by atoms with Crippen LogP contribution in [0.2, 0.25) is 0 Å². The molecule has 0 bridgehead atoms. The van der Waals surface area contributed by atoms with Crippen molar-refractivity contribution in [3.8, 4) is 0 Å². The number of nitrogens with zero attached hydrogens (tertiary/aromatic N) is 4. The molecule has 0 unspecified atom stereocenters. The van der Waals surface area contributed by atoms with Crippen molar-refractivity contribution in [2.24, 2.45) is 0 Å². The average molecular weight is 544 g/mol. The fourth-order valence-electron chi connectivity index (χ4n) is 5.96. The summed E-state index contributed by atoms with van der Waals surface area (Å²) in [5.41, 5.74) is 4.76. The standard InChI is InChI=1S/C33H29N5O3/c1-40-32(39)30-34-27-21-26-29(22-28(27)35-30)38(36-31(26)37-17-19-41-20-18-37)33(23-11-5-2-6-12-23,24-13-7-3-8-14-24)25-15-9-4-10-16-25/h2-16,21-22H,17-20H2,1H3,(H,34,35). The van der Waals surface area contributed by atoms with Gasteiger partial charge in [-0.1, -0.05) is 91.0 Å². The number of ether oxygens (including phenoxy) is 2. The van der Waals surface area contributed by atoms with Gasteiger partial charge in [0.2, 0.25) is 5.82 Å². The van der Waals surface area contributed by atoms with Crippen molar-refractivity contribution in [1.82, 2.24) is 19.7 Å². The molecule has 1 aliphatic rings. The molecule has 1 aliphatic heterocycles. The average Bonchev–Trinajstić information content (AvgIpc) is 3.63. The number of carbonyl (C=O) groups excluding carboxylic acids is 1. The molecule has 204 valence electrons. The third-order valence-electron chi connectivity index (χ3n) is 7.84. The summed E-state index contributed by atoms with van der Waals surface area (Å²) in [6.07, 6.45) is 0. The van der Waals surface area contributed by atoms with Crippen LogP contribution in [0, 0.1) is 0 Å². The fraction of sp³-hybridized carbons (Fsp3) is 0.182. The van der Waals surface area contributed by atoms with Crippen LogP contribution in [0.15, 0.2) is 103 Å². The molecule has 0 atom stereocenters. The van der Waals surface area contributed by atoms with Gasteiger partial charge in [-0.15, -0.1) is 0 Å². The summed E-state index contributed by atoms with van der Waals surface area (Å²) >= 11 is 0. The van der Waals surface area contributed by atoms with Crippen molar-refractivity contribution in [2.75, 3.05) is 38.3 Å². The third kappa shape index (κ3) is 4.06. The van der Waals surface area contributed by atoms with Crippen LogP contribution in [-0.4, -0.2) is 59.1 Å². The number of carbonyl (C=O) groups is 1. The van der Waals surface area contributed by atoms with Crippen molar-refractivity contribution in [1.29, 1.82) is 0 Å². The quantitative estimate of drug-likeness (QED) is 0.224. The lowest BCUT2D eigenvalue weighted by atomic mass is 9.77. The monoisotopic (exact) mass is 543 g/mol. The van der Waals surface area contributed by atoms with Crippen LogP contribution in [0.25, 0.3) is 21.9 Å². The van der Waals surface area contributed by atoms with Gasteiger partial charge in [-0.05, 0) is 28.8 Å².